The lowest BCUT2D eigenvalue weighted by Gasteiger charge is -2.37. The monoisotopic (exact) mass is 308 g/mol. The number of rotatable bonds is 6. The number of hydrogen-bond acceptors (Lipinski definition) is 5. The number of H-pyrrole nitrogens is 1. The average molecular weight is 308 g/mol. The van der Waals surface area contributed by atoms with Gasteiger partial charge in [0.1, 0.15) is 0 Å². The van der Waals surface area contributed by atoms with Crippen molar-refractivity contribution in [3.63, 3.8) is 0 Å². The van der Waals surface area contributed by atoms with Gasteiger partial charge in [0.05, 0.1) is 25.5 Å². The molecule has 3 heterocycles. The Bertz CT molecular complexity index is 445. The van der Waals surface area contributed by atoms with Gasteiger partial charge in [-0.25, -0.2) is 0 Å². The van der Waals surface area contributed by atoms with E-state index in [-0.39, 0.29) is 0 Å². The molecule has 0 aliphatic carbocycles. The van der Waals surface area contributed by atoms with Gasteiger partial charge in [0.15, 0.2) is 0 Å². The quantitative estimate of drug-likeness (QED) is 0.816. The molecular weight excluding hydrogens is 280 g/mol. The summed E-state index contributed by atoms with van der Waals surface area (Å²) in [6, 6.07) is 0.541. The molecule has 2 aliphatic rings. The van der Waals surface area contributed by atoms with E-state index in [1.165, 1.54) is 12.0 Å². The molecule has 124 valence electrons. The number of hydrogen-bond donors (Lipinski definition) is 2. The molecule has 6 nitrogen and oxygen atoms in total. The van der Waals surface area contributed by atoms with Crippen molar-refractivity contribution >= 4 is 0 Å². The molecule has 1 aromatic heterocycles. The zero-order valence-electron chi connectivity index (χ0n) is 13.7. The van der Waals surface area contributed by atoms with E-state index in [0.717, 1.165) is 64.0 Å². The minimum Gasteiger partial charge on any atom is -0.381 e. The van der Waals surface area contributed by atoms with Gasteiger partial charge in [-0.15, -0.1) is 0 Å². The van der Waals surface area contributed by atoms with Crippen LogP contribution >= 0.6 is 0 Å². The van der Waals surface area contributed by atoms with Crippen LogP contribution in [0.2, 0.25) is 0 Å². The predicted octanol–water partition coefficient (Wildman–Crippen LogP) is 0.853. The van der Waals surface area contributed by atoms with Crippen LogP contribution in [0.25, 0.3) is 0 Å². The first-order valence-electron chi connectivity index (χ1n) is 8.36. The van der Waals surface area contributed by atoms with Gasteiger partial charge in [0, 0.05) is 56.0 Å². The van der Waals surface area contributed by atoms with Gasteiger partial charge >= 0.3 is 0 Å². The molecule has 0 saturated carbocycles. The van der Waals surface area contributed by atoms with Gasteiger partial charge in [-0.05, 0) is 20.3 Å². The molecule has 0 radical (unpaired) electrons. The second-order valence-electron chi connectivity index (χ2n) is 6.38. The van der Waals surface area contributed by atoms with Crippen LogP contribution in [0, 0.1) is 19.8 Å². The van der Waals surface area contributed by atoms with E-state index in [4.69, 9.17) is 9.47 Å². The van der Waals surface area contributed by atoms with Crippen LogP contribution < -0.4 is 5.32 Å². The van der Waals surface area contributed by atoms with Crippen LogP contribution in [-0.2, 0) is 16.0 Å². The first kappa shape index (κ1) is 15.9. The topological polar surface area (TPSA) is 62.4 Å². The van der Waals surface area contributed by atoms with Crippen molar-refractivity contribution in [2.75, 3.05) is 46.1 Å². The Morgan fingerprint density at radius 3 is 2.73 bits per heavy atom. The normalized spacial score (nSPS) is 24.7. The van der Waals surface area contributed by atoms with E-state index >= 15 is 0 Å². The van der Waals surface area contributed by atoms with Crippen molar-refractivity contribution in [3.05, 3.63) is 17.0 Å². The molecule has 2 aliphatic heterocycles. The molecule has 2 fully saturated rings. The molecular formula is C16H28N4O2. The number of nitrogens with zero attached hydrogens (tertiary/aromatic N) is 2. The fourth-order valence-corrected chi connectivity index (χ4v) is 3.54. The van der Waals surface area contributed by atoms with Crippen molar-refractivity contribution in [1.29, 1.82) is 0 Å². The molecule has 0 bridgehead atoms. The predicted molar refractivity (Wildman–Crippen MR) is 84.9 cm³/mol. The third-order valence-electron chi connectivity index (χ3n) is 4.96. The Morgan fingerprint density at radius 1 is 1.27 bits per heavy atom. The van der Waals surface area contributed by atoms with Crippen LogP contribution in [-0.4, -0.2) is 67.2 Å². The van der Waals surface area contributed by atoms with Crippen LogP contribution in [0.5, 0.6) is 0 Å². The highest BCUT2D eigenvalue weighted by molar-refractivity contribution is 5.22. The summed E-state index contributed by atoms with van der Waals surface area (Å²) in [5.74, 6) is 0.636. The molecule has 3 rings (SSSR count). The molecule has 6 heteroatoms. The van der Waals surface area contributed by atoms with Crippen LogP contribution in [0.4, 0.5) is 0 Å². The van der Waals surface area contributed by atoms with Crippen molar-refractivity contribution in [1.82, 2.24) is 20.4 Å². The number of aromatic amines is 1. The van der Waals surface area contributed by atoms with Gasteiger partial charge in [-0.1, -0.05) is 0 Å². The number of morpholine rings is 1. The minimum absolute atomic E-state index is 0.541. The molecule has 0 aromatic carbocycles. The van der Waals surface area contributed by atoms with Crippen molar-refractivity contribution < 1.29 is 9.47 Å². The van der Waals surface area contributed by atoms with E-state index in [0.29, 0.717) is 12.0 Å². The third kappa shape index (κ3) is 3.68. The zero-order chi connectivity index (χ0) is 15.4. The summed E-state index contributed by atoms with van der Waals surface area (Å²) in [6.45, 7) is 11.6. The summed E-state index contributed by atoms with van der Waals surface area (Å²) in [4.78, 5) is 2.57. The first-order chi connectivity index (χ1) is 10.8. The van der Waals surface area contributed by atoms with E-state index in [9.17, 15) is 0 Å². The minimum atomic E-state index is 0.541. The number of aryl methyl sites for hydroxylation is 2. The van der Waals surface area contributed by atoms with Gasteiger partial charge in [0.25, 0.3) is 0 Å². The van der Waals surface area contributed by atoms with Crippen LogP contribution in [0.3, 0.4) is 0 Å². The summed E-state index contributed by atoms with van der Waals surface area (Å²) in [5.41, 5.74) is 3.55. The second kappa shape index (κ2) is 7.55. The fraction of sp³-hybridized carbons (Fsp3) is 0.812. The van der Waals surface area contributed by atoms with Gasteiger partial charge < -0.3 is 14.8 Å². The maximum absolute atomic E-state index is 5.62. The lowest BCUT2D eigenvalue weighted by molar-refractivity contribution is 0.00137. The van der Waals surface area contributed by atoms with Crippen molar-refractivity contribution in [2.24, 2.45) is 5.92 Å². The molecule has 2 atom stereocenters. The molecule has 22 heavy (non-hydrogen) atoms. The average Bonchev–Trinajstić information content (AvgIpc) is 3.17. The Balaban J connectivity index is 1.57. The van der Waals surface area contributed by atoms with E-state index in [1.807, 2.05) is 0 Å². The van der Waals surface area contributed by atoms with E-state index in [1.54, 1.807) is 0 Å². The smallest absolute Gasteiger partial charge is 0.0638 e. The zero-order valence-corrected chi connectivity index (χ0v) is 13.7. The number of nitrogens with one attached hydrogen (secondary N) is 2. The van der Waals surface area contributed by atoms with Gasteiger partial charge in [0.2, 0.25) is 0 Å². The Kier molecular flexibility index (Phi) is 5.46. The summed E-state index contributed by atoms with van der Waals surface area (Å²) in [7, 11) is 0. The van der Waals surface area contributed by atoms with Crippen LogP contribution in [0.15, 0.2) is 0 Å². The Morgan fingerprint density at radius 2 is 2.09 bits per heavy atom. The largest absolute Gasteiger partial charge is 0.381 e. The maximum Gasteiger partial charge on any atom is 0.0638 e. The van der Waals surface area contributed by atoms with Gasteiger partial charge in [-0.3, -0.25) is 10.00 Å². The van der Waals surface area contributed by atoms with E-state index < -0.39 is 0 Å². The highest BCUT2D eigenvalue weighted by Crippen LogP contribution is 2.22. The number of aromatic nitrogens is 2. The van der Waals surface area contributed by atoms with Gasteiger partial charge in [-0.2, -0.15) is 5.10 Å². The standard InChI is InChI=1S/C16H28N4O2/c1-12-15(13(2)19-18-12)9-17-10-16(14-3-6-22-11-14)20-4-7-21-8-5-20/h14,16-17H,3-11H2,1-2H3,(H,18,19)/t14-,16+/m0/s1. The lowest BCUT2D eigenvalue weighted by atomic mass is 9.96. The Labute approximate surface area is 132 Å². The molecule has 0 amide bonds. The SMILES string of the molecule is Cc1n[nH]c(C)c1CNC[C@H]([C@H]1CCOC1)N1CCOCC1. The molecule has 0 unspecified atom stereocenters. The van der Waals surface area contributed by atoms with E-state index in [2.05, 4.69) is 34.3 Å². The fourth-order valence-electron chi connectivity index (χ4n) is 3.54. The second-order valence-corrected chi connectivity index (χ2v) is 6.38. The summed E-state index contributed by atoms with van der Waals surface area (Å²) in [6.07, 6.45) is 1.17. The highest BCUT2D eigenvalue weighted by Gasteiger charge is 2.31. The highest BCUT2D eigenvalue weighted by atomic mass is 16.5. The molecule has 1 aromatic rings. The molecule has 2 N–H and O–H groups in total. The Hall–Kier alpha value is -0.950. The molecule has 2 saturated heterocycles. The summed E-state index contributed by atoms with van der Waals surface area (Å²) >= 11 is 0. The summed E-state index contributed by atoms with van der Waals surface area (Å²) < 4.78 is 11.1. The maximum atomic E-state index is 5.62. The van der Waals surface area contributed by atoms with Crippen LogP contribution in [0.1, 0.15) is 23.4 Å². The summed E-state index contributed by atoms with van der Waals surface area (Å²) in [5, 5.41) is 11.0. The number of ether oxygens (including phenoxy) is 2. The molecule has 0 spiro atoms. The first-order valence-corrected chi connectivity index (χ1v) is 8.36. The lowest BCUT2D eigenvalue weighted by Crippen LogP contribution is -2.51. The third-order valence-corrected chi connectivity index (χ3v) is 4.96. The van der Waals surface area contributed by atoms with Crippen molar-refractivity contribution in [3.8, 4) is 0 Å². The van der Waals surface area contributed by atoms with Crippen molar-refractivity contribution in [2.45, 2.75) is 32.9 Å².